The summed E-state index contributed by atoms with van der Waals surface area (Å²) in [7, 11) is -2.76. The Kier molecular flexibility index (Phi) is 8.69. The number of amides is 1. The molecule has 0 bridgehead atoms. The lowest BCUT2D eigenvalue weighted by Gasteiger charge is -2.28. The summed E-state index contributed by atoms with van der Waals surface area (Å²) in [6, 6.07) is 13.2. The maximum Gasteiger partial charge on any atom is 0.293 e. The number of hydrogen-bond acceptors (Lipinski definition) is 9. The van der Waals surface area contributed by atoms with E-state index in [4.69, 9.17) is 9.47 Å². The number of carbonyl (C=O) groups is 1. The fourth-order valence-electron chi connectivity index (χ4n) is 5.15. The fourth-order valence-corrected chi connectivity index (χ4v) is 6.14. The number of nitro groups is 1. The summed E-state index contributed by atoms with van der Waals surface area (Å²) in [5, 5.41) is 15.8. The first kappa shape index (κ1) is 29.0. The van der Waals surface area contributed by atoms with Crippen molar-refractivity contribution in [3.05, 3.63) is 82.7 Å². The number of pyridine rings is 1. The lowest BCUT2D eigenvalue weighted by atomic mass is 9.82. The topological polar surface area (TPSA) is 166 Å². The summed E-state index contributed by atoms with van der Waals surface area (Å²) in [6.07, 6.45) is 7.24. The average Bonchev–Trinajstić information content (AvgIpc) is 3.45. The predicted molar refractivity (Wildman–Crippen MR) is 156 cm³/mol. The zero-order valence-corrected chi connectivity index (χ0v) is 23.7. The lowest BCUT2D eigenvalue weighted by molar-refractivity contribution is -0.384. The van der Waals surface area contributed by atoms with Crippen molar-refractivity contribution < 1.29 is 27.6 Å². The molecule has 220 valence electrons. The van der Waals surface area contributed by atoms with E-state index in [1.165, 1.54) is 30.5 Å². The van der Waals surface area contributed by atoms with E-state index in [1.807, 2.05) is 10.8 Å². The number of methoxy groups -OCH3 is 1. The highest BCUT2D eigenvalue weighted by molar-refractivity contribution is 7.90. The standard InChI is InChI=1S/C29H31N5O7S/c1-40-18-20-8-6-19(7-9-20)16-31-25-11-10-23(15-26(25)34(36)37)42(38,39)33-29(35)24-4-2-3-5-27(24)41-22-14-21-12-13-30-28(21)32-17-22/h2-5,10-15,17,19-20,31H,6-9,16,18H2,1H3,(H,30,32)(H,33,35). The minimum atomic E-state index is -4.45. The summed E-state index contributed by atoms with van der Waals surface area (Å²) in [6.45, 7) is 1.27. The van der Waals surface area contributed by atoms with Crippen molar-refractivity contribution in [2.24, 2.45) is 11.8 Å². The van der Waals surface area contributed by atoms with Gasteiger partial charge in [0.15, 0.2) is 0 Å². The number of carbonyl (C=O) groups excluding carboxylic acids is 1. The van der Waals surface area contributed by atoms with Crippen LogP contribution < -0.4 is 14.8 Å². The number of rotatable bonds is 11. The first-order valence-corrected chi connectivity index (χ1v) is 15.0. The molecule has 0 unspecified atom stereocenters. The van der Waals surface area contributed by atoms with E-state index in [9.17, 15) is 23.3 Å². The number of H-pyrrole nitrogens is 1. The second-order valence-electron chi connectivity index (χ2n) is 10.3. The number of fused-ring (bicyclic) bond motifs is 1. The maximum absolute atomic E-state index is 13.1. The molecule has 1 fully saturated rings. The predicted octanol–water partition coefficient (Wildman–Crippen LogP) is 5.25. The molecular weight excluding hydrogens is 562 g/mol. The van der Waals surface area contributed by atoms with Crippen molar-refractivity contribution in [2.45, 2.75) is 30.6 Å². The number of anilines is 1. The van der Waals surface area contributed by atoms with Crippen LogP contribution in [0.15, 0.2) is 71.9 Å². The van der Waals surface area contributed by atoms with Gasteiger partial charge in [-0.15, -0.1) is 0 Å². The van der Waals surface area contributed by atoms with Crippen molar-refractivity contribution in [1.82, 2.24) is 14.7 Å². The molecule has 12 nitrogen and oxygen atoms in total. The van der Waals surface area contributed by atoms with Gasteiger partial charge >= 0.3 is 0 Å². The third-order valence-electron chi connectivity index (χ3n) is 7.39. The summed E-state index contributed by atoms with van der Waals surface area (Å²) < 4.78 is 39.4. The van der Waals surface area contributed by atoms with Crippen molar-refractivity contribution in [2.75, 3.05) is 25.6 Å². The molecule has 0 saturated heterocycles. The maximum atomic E-state index is 13.1. The number of benzene rings is 2. The summed E-state index contributed by atoms with van der Waals surface area (Å²) >= 11 is 0. The largest absolute Gasteiger partial charge is 0.455 e. The summed E-state index contributed by atoms with van der Waals surface area (Å²) in [5.74, 6) is 0.402. The molecule has 3 N–H and O–H groups in total. The van der Waals surface area contributed by atoms with Crippen molar-refractivity contribution >= 4 is 38.3 Å². The number of nitrogens with zero attached hydrogens (tertiary/aromatic N) is 2. The van der Waals surface area contributed by atoms with Gasteiger partial charge < -0.3 is 19.8 Å². The molecule has 2 heterocycles. The average molecular weight is 594 g/mol. The highest BCUT2D eigenvalue weighted by Crippen LogP contribution is 2.32. The number of para-hydroxylation sites is 1. The third-order valence-corrected chi connectivity index (χ3v) is 8.72. The number of nitro benzene ring substituents is 1. The molecule has 2 aromatic heterocycles. The first-order chi connectivity index (χ1) is 20.2. The first-order valence-electron chi connectivity index (χ1n) is 13.5. The van der Waals surface area contributed by atoms with Crippen LogP contribution in [0.4, 0.5) is 11.4 Å². The van der Waals surface area contributed by atoms with E-state index in [0.29, 0.717) is 29.8 Å². The van der Waals surface area contributed by atoms with Crippen LogP contribution in [0.2, 0.25) is 0 Å². The Hall–Kier alpha value is -4.49. The van der Waals surface area contributed by atoms with Crippen LogP contribution in [0.3, 0.4) is 0 Å². The van der Waals surface area contributed by atoms with Crippen molar-refractivity contribution in [3.63, 3.8) is 0 Å². The van der Waals surface area contributed by atoms with Crippen LogP contribution in [-0.4, -0.2) is 49.5 Å². The van der Waals surface area contributed by atoms with E-state index < -0.39 is 31.4 Å². The van der Waals surface area contributed by atoms with E-state index >= 15 is 0 Å². The highest BCUT2D eigenvalue weighted by atomic mass is 32.2. The Morgan fingerprint density at radius 3 is 2.62 bits per heavy atom. The Morgan fingerprint density at radius 1 is 1.10 bits per heavy atom. The van der Waals surface area contributed by atoms with Gasteiger partial charge in [-0.25, -0.2) is 18.1 Å². The SMILES string of the molecule is COCC1CCC(CNc2ccc(S(=O)(=O)NC(=O)c3ccccc3Oc3cnc4[nH]ccc4c3)cc2[N+](=O)[O-])CC1. The summed E-state index contributed by atoms with van der Waals surface area (Å²) in [5.41, 5.74) is 0.453. The van der Waals surface area contributed by atoms with Crippen molar-refractivity contribution in [3.8, 4) is 11.5 Å². The number of nitrogens with one attached hydrogen (secondary N) is 3. The van der Waals surface area contributed by atoms with Gasteiger partial charge in [-0.3, -0.25) is 14.9 Å². The molecule has 5 rings (SSSR count). The highest BCUT2D eigenvalue weighted by Gasteiger charge is 2.26. The number of sulfonamides is 1. The molecule has 0 spiro atoms. The van der Waals surface area contributed by atoms with E-state index in [1.54, 1.807) is 31.5 Å². The van der Waals surface area contributed by atoms with Crippen LogP contribution in [0, 0.1) is 22.0 Å². The molecule has 0 aliphatic heterocycles. The minimum Gasteiger partial charge on any atom is -0.455 e. The van der Waals surface area contributed by atoms with Gasteiger partial charge in [0.1, 0.15) is 22.8 Å². The van der Waals surface area contributed by atoms with Crippen LogP contribution in [0.25, 0.3) is 11.0 Å². The van der Waals surface area contributed by atoms with Gasteiger partial charge in [0, 0.05) is 37.9 Å². The zero-order chi connectivity index (χ0) is 29.7. The van der Waals surface area contributed by atoms with E-state index in [2.05, 4.69) is 15.3 Å². The molecule has 4 aromatic rings. The summed E-state index contributed by atoms with van der Waals surface area (Å²) in [4.78, 5) is 31.1. The molecule has 13 heteroatoms. The Morgan fingerprint density at radius 2 is 1.86 bits per heavy atom. The number of ether oxygens (including phenoxy) is 2. The minimum absolute atomic E-state index is 0.0387. The Bertz CT molecular complexity index is 1700. The lowest BCUT2D eigenvalue weighted by Crippen LogP contribution is -2.31. The fraction of sp³-hybridized carbons (Fsp3) is 0.310. The molecule has 0 radical (unpaired) electrons. The zero-order valence-electron chi connectivity index (χ0n) is 22.9. The molecule has 42 heavy (non-hydrogen) atoms. The second-order valence-corrected chi connectivity index (χ2v) is 12.0. The van der Waals surface area contributed by atoms with Crippen LogP contribution >= 0.6 is 0 Å². The number of hydrogen-bond donors (Lipinski definition) is 3. The van der Waals surface area contributed by atoms with E-state index in [-0.39, 0.29) is 17.0 Å². The molecule has 1 saturated carbocycles. The molecular formula is C29H31N5O7S. The molecule has 1 aliphatic rings. The third kappa shape index (κ3) is 6.69. The molecule has 2 aromatic carbocycles. The van der Waals surface area contributed by atoms with E-state index in [0.717, 1.165) is 43.7 Å². The van der Waals surface area contributed by atoms with Crippen LogP contribution in [0.5, 0.6) is 11.5 Å². The number of aromatic amines is 1. The molecule has 1 amide bonds. The van der Waals surface area contributed by atoms with Gasteiger partial charge in [-0.2, -0.15) is 0 Å². The van der Waals surface area contributed by atoms with Gasteiger partial charge in [-0.1, -0.05) is 12.1 Å². The second kappa shape index (κ2) is 12.6. The quantitative estimate of drug-likeness (QED) is 0.156. The molecule has 1 aliphatic carbocycles. The molecule has 0 atom stereocenters. The Balaban J connectivity index is 1.28. The van der Waals surface area contributed by atoms with Gasteiger partial charge in [-0.05, 0) is 73.9 Å². The smallest absolute Gasteiger partial charge is 0.293 e. The van der Waals surface area contributed by atoms with Gasteiger partial charge in [0.05, 0.1) is 21.6 Å². The van der Waals surface area contributed by atoms with Crippen molar-refractivity contribution in [1.29, 1.82) is 0 Å². The monoisotopic (exact) mass is 593 g/mol. The van der Waals surface area contributed by atoms with Crippen LogP contribution in [0.1, 0.15) is 36.0 Å². The number of aromatic nitrogens is 2. The normalized spacial score (nSPS) is 17.1. The van der Waals surface area contributed by atoms with Gasteiger partial charge in [0.25, 0.3) is 21.6 Å². The van der Waals surface area contributed by atoms with Crippen LogP contribution in [-0.2, 0) is 14.8 Å². The van der Waals surface area contributed by atoms with Gasteiger partial charge in [0.2, 0.25) is 0 Å². The Labute approximate surface area is 242 Å².